The molecule has 0 aromatic carbocycles. The molecule has 0 saturated carbocycles. The second-order valence-electron chi connectivity index (χ2n) is 2.39. The van der Waals surface area contributed by atoms with E-state index in [1.807, 2.05) is 22.6 Å². The lowest BCUT2D eigenvalue weighted by molar-refractivity contribution is 0.147. The summed E-state index contributed by atoms with van der Waals surface area (Å²) in [6.45, 7) is 0.145. The zero-order valence-corrected chi connectivity index (χ0v) is 8.76. The Bertz CT molecular complexity index is 317. The number of aromatic nitrogens is 1. The number of alkyl halides is 2. The van der Waals surface area contributed by atoms with Crippen molar-refractivity contribution in [1.29, 1.82) is 0 Å². The van der Waals surface area contributed by atoms with Crippen molar-refractivity contribution in [2.75, 3.05) is 5.73 Å². The molecule has 72 valence electrons. The van der Waals surface area contributed by atoms with Gasteiger partial charge < -0.3 is 11.5 Å². The van der Waals surface area contributed by atoms with Crippen molar-refractivity contribution in [3.8, 4) is 0 Å². The Morgan fingerprint density at radius 1 is 1.54 bits per heavy atom. The molecule has 0 bridgehead atoms. The predicted octanol–water partition coefficient (Wildman–Crippen LogP) is 1.66. The third kappa shape index (κ3) is 2.05. The van der Waals surface area contributed by atoms with Crippen molar-refractivity contribution in [1.82, 2.24) is 4.98 Å². The van der Waals surface area contributed by atoms with Gasteiger partial charge in [-0.3, -0.25) is 4.98 Å². The molecule has 1 rings (SSSR count). The fraction of sp³-hybridized carbons (Fsp3) is 0.286. The second kappa shape index (κ2) is 4.14. The lowest BCUT2D eigenvalue weighted by Crippen LogP contribution is -2.09. The quantitative estimate of drug-likeness (QED) is 0.816. The lowest BCUT2D eigenvalue weighted by atomic mass is 10.2. The summed E-state index contributed by atoms with van der Waals surface area (Å²) in [5.41, 5.74) is 11.0. The zero-order chi connectivity index (χ0) is 10.0. The molecule has 0 aliphatic carbocycles. The smallest absolute Gasteiger partial charge is 0.282 e. The maximum atomic E-state index is 12.3. The second-order valence-corrected chi connectivity index (χ2v) is 3.55. The van der Waals surface area contributed by atoms with Crippen LogP contribution in [0.1, 0.15) is 17.7 Å². The molecule has 4 N–H and O–H groups in total. The zero-order valence-electron chi connectivity index (χ0n) is 6.60. The highest BCUT2D eigenvalue weighted by atomic mass is 127. The van der Waals surface area contributed by atoms with Crippen molar-refractivity contribution < 1.29 is 8.78 Å². The maximum absolute atomic E-state index is 12.3. The van der Waals surface area contributed by atoms with Crippen molar-refractivity contribution in [2.45, 2.75) is 13.0 Å². The summed E-state index contributed by atoms with van der Waals surface area (Å²) in [5, 5.41) is 0. The standard InChI is InChI=1S/C7H8F2IN3/c8-7(9)6-5(12)3(1-11)4(10)2-13-6/h2,7H,1,11-12H2. The summed E-state index contributed by atoms with van der Waals surface area (Å²) in [6.07, 6.45) is -1.30. The van der Waals surface area contributed by atoms with Crippen LogP contribution in [0, 0.1) is 3.57 Å². The van der Waals surface area contributed by atoms with Gasteiger partial charge in [-0.1, -0.05) is 0 Å². The molecular formula is C7H8F2IN3. The van der Waals surface area contributed by atoms with Gasteiger partial charge in [0, 0.05) is 21.9 Å². The van der Waals surface area contributed by atoms with Crippen LogP contribution < -0.4 is 11.5 Å². The Labute approximate surface area is 87.7 Å². The highest BCUT2D eigenvalue weighted by Gasteiger charge is 2.16. The Morgan fingerprint density at radius 2 is 2.15 bits per heavy atom. The third-order valence-electron chi connectivity index (χ3n) is 1.62. The highest BCUT2D eigenvalue weighted by Crippen LogP contribution is 2.27. The molecule has 1 heterocycles. The van der Waals surface area contributed by atoms with Gasteiger partial charge >= 0.3 is 0 Å². The predicted molar refractivity (Wildman–Crippen MR) is 54.2 cm³/mol. The number of hydrogen-bond acceptors (Lipinski definition) is 3. The van der Waals surface area contributed by atoms with E-state index in [-0.39, 0.29) is 17.9 Å². The van der Waals surface area contributed by atoms with E-state index in [2.05, 4.69) is 4.98 Å². The van der Waals surface area contributed by atoms with E-state index in [1.54, 1.807) is 0 Å². The number of nitrogens with two attached hydrogens (primary N) is 2. The molecule has 0 aliphatic rings. The summed E-state index contributed by atoms with van der Waals surface area (Å²) in [4.78, 5) is 3.55. The number of nitrogen functional groups attached to an aromatic ring is 1. The number of halogens is 3. The summed E-state index contributed by atoms with van der Waals surface area (Å²) in [6, 6.07) is 0. The molecule has 6 heteroatoms. The van der Waals surface area contributed by atoms with Gasteiger partial charge in [0.25, 0.3) is 6.43 Å². The Balaban J connectivity index is 3.27. The van der Waals surface area contributed by atoms with Gasteiger partial charge in [0.15, 0.2) is 0 Å². The molecule has 0 saturated heterocycles. The number of rotatable bonds is 2. The number of anilines is 1. The van der Waals surface area contributed by atoms with Crippen LogP contribution in [0.5, 0.6) is 0 Å². The van der Waals surface area contributed by atoms with Crippen LogP contribution in [0.3, 0.4) is 0 Å². The van der Waals surface area contributed by atoms with Crippen LogP contribution in [0.15, 0.2) is 6.20 Å². The minimum absolute atomic E-state index is 0.00407. The molecule has 13 heavy (non-hydrogen) atoms. The molecule has 0 radical (unpaired) electrons. The summed E-state index contributed by atoms with van der Waals surface area (Å²) in [5.74, 6) is 0. The first-order valence-electron chi connectivity index (χ1n) is 3.49. The lowest BCUT2D eigenvalue weighted by Gasteiger charge is -2.09. The molecule has 3 nitrogen and oxygen atoms in total. The topological polar surface area (TPSA) is 64.9 Å². The number of pyridine rings is 1. The SMILES string of the molecule is NCc1c(I)cnc(C(F)F)c1N. The highest BCUT2D eigenvalue weighted by molar-refractivity contribution is 14.1. The molecule has 0 unspecified atom stereocenters. The van der Waals surface area contributed by atoms with E-state index < -0.39 is 6.43 Å². The molecule has 0 atom stereocenters. The normalized spacial score (nSPS) is 10.8. The average molecular weight is 299 g/mol. The van der Waals surface area contributed by atoms with Gasteiger partial charge in [-0.05, 0) is 22.6 Å². The van der Waals surface area contributed by atoms with E-state index in [1.165, 1.54) is 6.20 Å². The van der Waals surface area contributed by atoms with Crippen molar-refractivity contribution in [3.05, 3.63) is 21.0 Å². The van der Waals surface area contributed by atoms with E-state index in [0.29, 0.717) is 9.13 Å². The Kier molecular flexibility index (Phi) is 3.37. The van der Waals surface area contributed by atoms with Crippen molar-refractivity contribution in [2.24, 2.45) is 5.73 Å². The Morgan fingerprint density at radius 3 is 2.62 bits per heavy atom. The van der Waals surface area contributed by atoms with Crippen LogP contribution in [0.4, 0.5) is 14.5 Å². The number of hydrogen-bond donors (Lipinski definition) is 2. The third-order valence-corrected chi connectivity index (χ3v) is 2.55. The maximum Gasteiger partial charge on any atom is 0.282 e. The minimum Gasteiger partial charge on any atom is -0.397 e. The first kappa shape index (κ1) is 10.6. The minimum atomic E-state index is -2.65. The monoisotopic (exact) mass is 299 g/mol. The fourth-order valence-corrected chi connectivity index (χ4v) is 1.59. The molecule has 0 amide bonds. The molecular weight excluding hydrogens is 291 g/mol. The van der Waals surface area contributed by atoms with Crippen LogP contribution in [0.2, 0.25) is 0 Å². The van der Waals surface area contributed by atoms with E-state index in [4.69, 9.17) is 11.5 Å². The van der Waals surface area contributed by atoms with Crippen LogP contribution in [-0.2, 0) is 6.54 Å². The largest absolute Gasteiger partial charge is 0.397 e. The average Bonchev–Trinajstić information content (AvgIpc) is 2.04. The van der Waals surface area contributed by atoms with Crippen LogP contribution in [-0.4, -0.2) is 4.98 Å². The van der Waals surface area contributed by atoms with Gasteiger partial charge in [-0.2, -0.15) is 0 Å². The first-order chi connectivity index (χ1) is 6.07. The molecule has 0 fully saturated rings. The summed E-state index contributed by atoms with van der Waals surface area (Å²) < 4.78 is 25.3. The van der Waals surface area contributed by atoms with Gasteiger partial charge in [0.05, 0.1) is 5.69 Å². The van der Waals surface area contributed by atoms with Gasteiger partial charge in [-0.25, -0.2) is 8.78 Å². The first-order valence-corrected chi connectivity index (χ1v) is 4.56. The van der Waals surface area contributed by atoms with Crippen LogP contribution >= 0.6 is 22.6 Å². The van der Waals surface area contributed by atoms with E-state index in [0.717, 1.165) is 0 Å². The van der Waals surface area contributed by atoms with Gasteiger partial charge in [-0.15, -0.1) is 0 Å². The molecule has 0 spiro atoms. The molecule has 1 aromatic rings. The van der Waals surface area contributed by atoms with Gasteiger partial charge in [0.1, 0.15) is 5.69 Å². The summed E-state index contributed by atoms with van der Waals surface area (Å²) in [7, 11) is 0. The number of nitrogens with zero attached hydrogens (tertiary/aromatic N) is 1. The van der Waals surface area contributed by atoms with Crippen molar-refractivity contribution >= 4 is 28.3 Å². The van der Waals surface area contributed by atoms with E-state index in [9.17, 15) is 8.78 Å². The fourth-order valence-electron chi connectivity index (χ4n) is 0.938. The van der Waals surface area contributed by atoms with E-state index >= 15 is 0 Å². The Hall–Kier alpha value is -0.500. The van der Waals surface area contributed by atoms with Crippen molar-refractivity contribution in [3.63, 3.8) is 0 Å². The van der Waals surface area contributed by atoms with Gasteiger partial charge in [0.2, 0.25) is 0 Å². The molecule has 1 aromatic heterocycles. The van der Waals surface area contributed by atoms with Crippen LogP contribution in [0.25, 0.3) is 0 Å². The summed E-state index contributed by atoms with van der Waals surface area (Å²) >= 11 is 1.96. The molecule has 0 aliphatic heterocycles.